The number of ether oxygens (including phenoxy) is 2. The minimum atomic E-state index is -0.675. The Labute approximate surface area is 124 Å². The standard InChI is InChI=1S/C16H22O5/c1-12(2)14(21-16(19)10-17)8-9-15(18)20-11-13-6-4-3-5-7-13/h3-7,12,14,17H,8-11H2,1-2H3. The van der Waals surface area contributed by atoms with Crippen LogP contribution in [-0.2, 0) is 25.7 Å². The van der Waals surface area contributed by atoms with Crippen molar-refractivity contribution < 1.29 is 24.2 Å². The highest BCUT2D eigenvalue weighted by Crippen LogP contribution is 2.14. The molecule has 0 saturated heterocycles. The van der Waals surface area contributed by atoms with E-state index in [4.69, 9.17) is 14.6 Å². The van der Waals surface area contributed by atoms with Crippen LogP contribution in [0.3, 0.4) is 0 Å². The second kappa shape index (κ2) is 9.13. The molecule has 1 unspecified atom stereocenters. The van der Waals surface area contributed by atoms with Gasteiger partial charge in [0.1, 0.15) is 19.3 Å². The Hall–Kier alpha value is -1.88. The fourth-order valence-corrected chi connectivity index (χ4v) is 1.80. The van der Waals surface area contributed by atoms with Crippen LogP contribution in [0.4, 0.5) is 0 Å². The third-order valence-electron chi connectivity index (χ3n) is 3.03. The Morgan fingerprint density at radius 3 is 2.38 bits per heavy atom. The molecule has 1 N–H and O–H groups in total. The molecule has 0 bridgehead atoms. The molecule has 0 heterocycles. The number of benzene rings is 1. The lowest BCUT2D eigenvalue weighted by atomic mass is 10.0. The smallest absolute Gasteiger partial charge is 0.332 e. The minimum absolute atomic E-state index is 0.0717. The SMILES string of the molecule is CC(C)C(CCC(=O)OCc1ccccc1)OC(=O)CO. The summed E-state index contributed by atoms with van der Waals surface area (Å²) in [6.07, 6.45) is 0.166. The van der Waals surface area contributed by atoms with E-state index < -0.39 is 18.7 Å². The highest BCUT2D eigenvalue weighted by molar-refractivity contribution is 5.71. The van der Waals surface area contributed by atoms with E-state index in [-0.39, 0.29) is 24.9 Å². The maximum atomic E-state index is 11.7. The zero-order chi connectivity index (χ0) is 15.7. The van der Waals surface area contributed by atoms with Gasteiger partial charge in [-0.2, -0.15) is 0 Å². The fourth-order valence-electron chi connectivity index (χ4n) is 1.80. The van der Waals surface area contributed by atoms with E-state index in [1.165, 1.54) is 0 Å². The topological polar surface area (TPSA) is 72.8 Å². The number of esters is 2. The van der Waals surface area contributed by atoms with Crippen LogP contribution >= 0.6 is 0 Å². The van der Waals surface area contributed by atoms with Crippen LogP contribution in [-0.4, -0.2) is 29.8 Å². The van der Waals surface area contributed by atoms with Crippen molar-refractivity contribution in [3.8, 4) is 0 Å². The van der Waals surface area contributed by atoms with Gasteiger partial charge in [0, 0.05) is 6.42 Å². The highest BCUT2D eigenvalue weighted by atomic mass is 16.6. The first kappa shape index (κ1) is 17.2. The number of carbonyl (C=O) groups excluding carboxylic acids is 2. The molecule has 5 nitrogen and oxygen atoms in total. The molecule has 0 amide bonds. The average Bonchev–Trinajstić information content (AvgIpc) is 2.49. The van der Waals surface area contributed by atoms with Crippen molar-refractivity contribution in [3.05, 3.63) is 35.9 Å². The van der Waals surface area contributed by atoms with Crippen molar-refractivity contribution in [3.63, 3.8) is 0 Å². The molecule has 1 rings (SSSR count). The Morgan fingerprint density at radius 2 is 1.81 bits per heavy atom. The van der Waals surface area contributed by atoms with E-state index in [9.17, 15) is 9.59 Å². The summed E-state index contributed by atoms with van der Waals surface area (Å²) < 4.78 is 10.2. The first-order chi connectivity index (χ1) is 10.0. The summed E-state index contributed by atoms with van der Waals surface area (Å²) in [6.45, 7) is 3.37. The lowest BCUT2D eigenvalue weighted by molar-refractivity contribution is -0.157. The van der Waals surface area contributed by atoms with Crippen LogP contribution in [0.2, 0.25) is 0 Å². The van der Waals surface area contributed by atoms with E-state index >= 15 is 0 Å². The molecule has 0 fully saturated rings. The lowest BCUT2D eigenvalue weighted by Crippen LogP contribution is -2.26. The summed E-state index contributed by atoms with van der Waals surface area (Å²) in [5, 5.41) is 8.69. The molecule has 0 aliphatic rings. The molecule has 116 valence electrons. The van der Waals surface area contributed by atoms with E-state index in [1.807, 2.05) is 44.2 Å². The van der Waals surface area contributed by atoms with Crippen LogP contribution in [0, 0.1) is 5.92 Å². The number of hydrogen-bond acceptors (Lipinski definition) is 5. The summed E-state index contributed by atoms with van der Waals surface area (Å²) in [7, 11) is 0. The van der Waals surface area contributed by atoms with Crippen LogP contribution in [0.15, 0.2) is 30.3 Å². The third kappa shape index (κ3) is 6.90. The first-order valence-corrected chi connectivity index (χ1v) is 7.02. The Morgan fingerprint density at radius 1 is 1.14 bits per heavy atom. The van der Waals surface area contributed by atoms with E-state index in [1.54, 1.807) is 0 Å². The molecule has 1 aromatic rings. The van der Waals surface area contributed by atoms with Gasteiger partial charge >= 0.3 is 11.9 Å². The largest absolute Gasteiger partial charge is 0.461 e. The second-order valence-corrected chi connectivity index (χ2v) is 5.12. The van der Waals surface area contributed by atoms with E-state index in [2.05, 4.69) is 0 Å². The molecule has 0 radical (unpaired) electrons. The lowest BCUT2D eigenvalue weighted by Gasteiger charge is -2.20. The molecule has 5 heteroatoms. The van der Waals surface area contributed by atoms with Crippen LogP contribution in [0.1, 0.15) is 32.3 Å². The number of rotatable bonds is 8. The van der Waals surface area contributed by atoms with Gasteiger partial charge in [0.25, 0.3) is 0 Å². The normalized spacial score (nSPS) is 12.0. The fraction of sp³-hybridized carbons (Fsp3) is 0.500. The summed E-state index contributed by atoms with van der Waals surface area (Å²) in [5.74, 6) is -0.932. The average molecular weight is 294 g/mol. The van der Waals surface area contributed by atoms with Crippen molar-refractivity contribution in [1.82, 2.24) is 0 Å². The summed E-state index contributed by atoms with van der Waals surface area (Å²) in [5.41, 5.74) is 0.929. The molecule has 0 aliphatic carbocycles. The highest BCUT2D eigenvalue weighted by Gasteiger charge is 2.19. The predicted octanol–water partition coefficient (Wildman–Crippen LogP) is 2.07. The number of hydrogen-bond donors (Lipinski definition) is 1. The third-order valence-corrected chi connectivity index (χ3v) is 3.03. The zero-order valence-electron chi connectivity index (χ0n) is 12.5. The van der Waals surface area contributed by atoms with E-state index in [0.29, 0.717) is 6.42 Å². The van der Waals surface area contributed by atoms with Crippen LogP contribution < -0.4 is 0 Å². The summed E-state index contributed by atoms with van der Waals surface area (Å²) >= 11 is 0. The molecular formula is C16H22O5. The monoisotopic (exact) mass is 294 g/mol. The first-order valence-electron chi connectivity index (χ1n) is 7.02. The molecule has 21 heavy (non-hydrogen) atoms. The van der Waals surface area contributed by atoms with Gasteiger partial charge < -0.3 is 14.6 Å². The molecule has 0 saturated carbocycles. The van der Waals surface area contributed by atoms with Gasteiger partial charge in [0.05, 0.1) is 0 Å². The molecule has 1 atom stereocenters. The van der Waals surface area contributed by atoms with Crippen LogP contribution in [0.5, 0.6) is 0 Å². The van der Waals surface area contributed by atoms with Gasteiger partial charge in [0.15, 0.2) is 0 Å². The van der Waals surface area contributed by atoms with Gasteiger partial charge in [-0.15, -0.1) is 0 Å². The molecular weight excluding hydrogens is 272 g/mol. The summed E-state index contributed by atoms with van der Waals surface area (Å²) in [6, 6.07) is 9.42. The van der Waals surface area contributed by atoms with Crippen LogP contribution in [0.25, 0.3) is 0 Å². The van der Waals surface area contributed by atoms with Gasteiger partial charge in [-0.25, -0.2) is 4.79 Å². The van der Waals surface area contributed by atoms with Crippen molar-refractivity contribution in [2.75, 3.05) is 6.61 Å². The predicted molar refractivity (Wildman–Crippen MR) is 77.3 cm³/mol. The maximum Gasteiger partial charge on any atom is 0.332 e. The minimum Gasteiger partial charge on any atom is -0.461 e. The Kier molecular flexibility index (Phi) is 7.46. The zero-order valence-corrected chi connectivity index (χ0v) is 12.5. The molecule has 0 spiro atoms. The van der Waals surface area contributed by atoms with Crippen molar-refractivity contribution >= 4 is 11.9 Å². The summed E-state index contributed by atoms with van der Waals surface area (Å²) in [4.78, 5) is 22.8. The number of carbonyl (C=O) groups is 2. The van der Waals surface area contributed by atoms with Gasteiger partial charge in [-0.3, -0.25) is 4.79 Å². The second-order valence-electron chi connectivity index (χ2n) is 5.12. The quantitative estimate of drug-likeness (QED) is 0.743. The Balaban J connectivity index is 2.34. The van der Waals surface area contributed by atoms with Gasteiger partial charge in [-0.05, 0) is 17.9 Å². The number of aliphatic hydroxyl groups is 1. The molecule has 1 aromatic carbocycles. The van der Waals surface area contributed by atoms with Crippen molar-refractivity contribution in [1.29, 1.82) is 0 Å². The molecule has 0 aromatic heterocycles. The van der Waals surface area contributed by atoms with Crippen molar-refractivity contribution in [2.24, 2.45) is 5.92 Å². The number of aliphatic hydroxyl groups excluding tert-OH is 1. The molecule has 0 aliphatic heterocycles. The Bertz CT molecular complexity index is 441. The van der Waals surface area contributed by atoms with Gasteiger partial charge in [0.2, 0.25) is 0 Å². The van der Waals surface area contributed by atoms with E-state index in [0.717, 1.165) is 5.56 Å². The maximum absolute atomic E-state index is 11.7. The van der Waals surface area contributed by atoms with Crippen molar-refractivity contribution in [2.45, 2.75) is 39.4 Å². The van der Waals surface area contributed by atoms with Gasteiger partial charge in [-0.1, -0.05) is 44.2 Å².